The van der Waals surface area contributed by atoms with Crippen molar-refractivity contribution in [1.29, 1.82) is 0 Å². The van der Waals surface area contributed by atoms with E-state index in [0.717, 1.165) is 22.3 Å². The van der Waals surface area contributed by atoms with Gasteiger partial charge in [0.1, 0.15) is 6.54 Å². The smallest absolute Gasteiger partial charge is 0.325 e. The summed E-state index contributed by atoms with van der Waals surface area (Å²) in [7, 11) is 1.34. The summed E-state index contributed by atoms with van der Waals surface area (Å²) in [4.78, 5) is 23.5. The summed E-state index contributed by atoms with van der Waals surface area (Å²) >= 11 is 0. The molecule has 0 radical (unpaired) electrons. The highest BCUT2D eigenvalue weighted by Gasteiger charge is 2.26. The Morgan fingerprint density at radius 2 is 1.77 bits per heavy atom. The molecule has 2 aromatic rings. The molecule has 0 aliphatic heterocycles. The molecule has 0 amide bonds. The van der Waals surface area contributed by atoms with Gasteiger partial charge < -0.3 is 10.1 Å². The van der Waals surface area contributed by atoms with Crippen LogP contribution in [-0.2, 0) is 9.53 Å². The van der Waals surface area contributed by atoms with E-state index in [0.29, 0.717) is 11.3 Å². The number of ketones is 1. The number of carbonyl (C=O) groups excluding carboxylic acids is 2. The van der Waals surface area contributed by atoms with Gasteiger partial charge in [-0.1, -0.05) is 36.9 Å². The molecule has 110 valence electrons. The van der Waals surface area contributed by atoms with E-state index in [2.05, 4.69) is 16.6 Å². The number of carbonyl (C=O) groups is 2. The fourth-order valence-electron chi connectivity index (χ4n) is 2.57. The Hall–Kier alpha value is -2.88. The van der Waals surface area contributed by atoms with Crippen LogP contribution in [0.5, 0.6) is 0 Å². The van der Waals surface area contributed by atoms with Crippen molar-refractivity contribution in [1.82, 2.24) is 5.32 Å². The normalized spacial score (nSPS) is 11.6. The molecule has 1 aliphatic carbocycles. The third-order valence-electron chi connectivity index (χ3n) is 3.75. The molecule has 2 aromatic carbocycles. The molecule has 0 aromatic heterocycles. The number of methoxy groups -OCH3 is 1. The number of esters is 1. The Morgan fingerprint density at radius 3 is 2.50 bits per heavy atom. The topological polar surface area (TPSA) is 55.4 Å². The largest absolute Gasteiger partial charge is 0.468 e. The number of ether oxygens (including phenoxy) is 1. The second-order valence-corrected chi connectivity index (χ2v) is 5.04. The average molecular weight is 293 g/mol. The third-order valence-corrected chi connectivity index (χ3v) is 3.75. The van der Waals surface area contributed by atoms with E-state index in [1.54, 1.807) is 6.07 Å². The van der Waals surface area contributed by atoms with Crippen molar-refractivity contribution in [3.8, 4) is 11.1 Å². The summed E-state index contributed by atoms with van der Waals surface area (Å²) in [5.74, 6) is -0.312. The van der Waals surface area contributed by atoms with Gasteiger partial charge in [0.05, 0.1) is 7.11 Å². The van der Waals surface area contributed by atoms with Crippen molar-refractivity contribution in [2.24, 2.45) is 0 Å². The second kappa shape index (κ2) is 5.48. The van der Waals surface area contributed by atoms with E-state index in [1.165, 1.54) is 7.11 Å². The van der Waals surface area contributed by atoms with Crippen molar-refractivity contribution in [2.75, 3.05) is 13.7 Å². The Morgan fingerprint density at radius 1 is 1.09 bits per heavy atom. The molecule has 0 unspecified atom stereocenters. The zero-order chi connectivity index (χ0) is 15.7. The van der Waals surface area contributed by atoms with Gasteiger partial charge in [-0.05, 0) is 28.8 Å². The number of hydrogen-bond acceptors (Lipinski definition) is 4. The Kier molecular flexibility index (Phi) is 3.51. The van der Waals surface area contributed by atoms with Crippen LogP contribution in [0.2, 0.25) is 0 Å². The van der Waals surface area contributed by atoms with Crippen LogP contribution < -0.4 is 5.32 Å². The summed E-state index contributed by atoms with van der Waals surface area (Å²) in [5, 5.41) is 2.92. The molecule has 1 aliphatic rings. The molecule has 1 N–H and O–H groups in total. The maximum Gasteiger partial charge on any atom is 0.325 e. The van der Waals surface area contributed by atoms with E-state index in [1.807, 2.05) is 36.4 Å². The summed E-state index contributed by atoms with van der Waals surface area (Å²) in [6.45, 7) is 3.99. The average Bonchev–Trinajstić information content (AvgIpc) is 2.85. The highest BCUT2D eigenvalue weighted by atomic mass is 16.5. The fraction of sp³-hybridized carbons (Fsp3) is 0.111. The van der Waals surface area contributed by atoms with Crippen LogP contribution in [0.1, 0.15) is 21.5 Å². The van der Waals surface area contributed by atoms with Crippen molar-refractivity contribution in [3.63, 3.8) is 0 Å². The molecule has 0 saturated carbocycles. The standard InChI is InChI=1S/C18H15NO3/c1-11(19-10-17(20)22-2)12-7-8-15-16(9-12)13-5-3-4-6-14(13)18(15)21/h3-9,19H,1,10H2,2H3. The third kappa shape index (κ3) is 2.29. The predicted molar refractivity (Wildman–Crippen MR) is 84.4 cm³/mol. The summed E-state index contributed by atoms with van der Waals surface area (Å²) < 4.78 is 4.58. The molecule has 0 atom stereocenters. The van der Waals surface area contributed by atoms with Gasteiger partial charge in [0.25, 0.3) is 0 Å². The minimum atomic E-state index is -0.358. The number of rotatable bonds is 4. The summed E-state index contributed by atoms with van der Waals surface area (Å²) in [6, 6.07) is 13.1. The Bertz CT molecular complexity index is 793. The maximum atomic E-state index is 12.3. The first-order valence-corrected chi connectivity index (χ1v) is 6.90. The van der Waals surface area contributed by atoms with Crippen LogP contribution in [-0.4, -0.2) is 25.4 Å². The lowest BCUT2D eigenvalue weighted by atomic mass is 10.0. The minimum absolute atomic E-state index is 0.0466. The van der Waals surface area contributed by atoms with Crippen molar-refractivity contribution < 1.29 is 14.3 Å². The molecule has 0 saturated heterocycles. The SMILES string of the molecule is C=C(NCC(=O)OC)c1ccc2c(c1)-c1ccccc1C2=O. The van der Waals surface area contributed by atoms with E-state index in [-0.39, 0.29) is 18.3 Å². The lowest BCUT2D eigenvalue weighted by Crippen LogP contribution is -2.22. The van der Waals surface area contributed by atoms with Crippen LogP contribution in [0.15, 0.2) is 49.0 Å². The van der Waals surface area contributed by atoms with Gasteiger partial charge in [-0.3, -0.25) is 9.59 Å². The highest BCUT2D eigenvalue weighted by molar-refractivity contribution is 6.21. The van der Waals surface area contributed by atoms with Gasteiger partial charge in [-0.15, -0.1) is 0 Å². The Balaban J connectivity index is 1.91. The van der Waals surface area contributed by atoms with E-state index < -0.39 is 0 Å². The predicted octanol–water partition coefficient (Wildman–Crippen LogP) is 2.63. The molecular weight excluding hydrogens is 278 g/mol. The molecule has 4 heteroatoms. The molecule has 0 heterocycles. The van der Waals surface area contributed by atoms with Crippen molar-refractivity contribution in [3.05, 3.63) is 65.7 Å². The number of fused-ring (bicyclic) bond motifs is 3. The zero-order valence-electron chi connectivity index (χ0n) is 12.2. The van der Waals surface area contributed by atoms with Gasteiger partial charge >= 0.3 is 5.97 Å². The number of benzene rings is 2. The lowest BCUT2D eigenvalue weighted by Gasteiger charge is -2.10. The molecule has 0 fully saturated rings. The maximum absolute atomic E-state index is 12.3. The lowest BCUT2D eigenvalue weighted by molar-refractivity contribution is -0.139. The van der Waals surface area contributed by atoms with Crippen LogP contribution in [0.4, 0.5) is 0 Å². The number of nitrogens with one attached hydrogen (secondary N) is 1. The van der Waals surface area contributed by atoms with Crippen molar-refractivity contribution in [2.45, 2.75) is 0 Å². The molecule has 0 bridgehead atoms. The summed E-state index contributed by atoms with van der Waals surface area (Å²) in [5.41, 5.74) is 4.72. The van der Waals surface area contributed by atoms with E-state index >= 15 is 0 Å². The van der Waals surface area contributed by atoms with Crippen LogP contribution in [0, 0.1) is 0 Å². The van der Waals surface area contributed by atoms with Crippen LogP contribution in [0.25, 0.3) is 16.8 Å². The Labute approximate surface area is 128 Å². The fourth-order valence-corrected chi connectivity index (χ4v) is 2.57. The second-order valence-electron chi connectivity index (χ2n) is 5.04. The van der Waals surface area contributed by atoms with E-state index in [9.17, 15) is 9.59 Å². The van der Waals surface area contributed by atoms with Gasteiger partial charge in [-0.25, -0.2) is 0 Å². The minimum Gasteiger partial charge on any atom is -0.468 e. The highest BCUT2D eigenvalue weighted by Crippen LogP contribution is 2.37. The van der Waals surface area contributed by atoms with Gasteiger partial charge in [0.2, 0.25) is 0 Å². The van der Waals surface area contributed by atoms with Crippen LogP contribution in [0.3, 0.4) is 0 Å². The van der Waals surface area contributed by atoms with Gasteiger partial charge in [0.15, 0.2) is 5.78 Å². The first-order valence-electron chi connectivity index (χ1n) is 6.90. The molecule has 0 spiro atoms. The van der Waals surface area contributed by atoms with Crippen molar-refractivity contribution >= 4 is 17.4 Å². The monoisotopic (exact) mass is 293 g/mol. The zero-order valence-corrected chi connectivity index (χ0v) is 12.2. The molecule has 3 rings (SSSR count). The first kappa shape index (κ1) is 14.1. The van der Waals surface area contributed by atoms with Crippen LogP contribution >= 0.6 is 0 Å². The molecule has 22 heavy (non-hydrogen) atoms. The van der Waals surface area contributed by atoms with Gasteiger partial charge in [-0.2, -0.15) is 0 Å². The quantitative estimate of drug-likeness (QED) is 0.751. The summed E-state index contributed by atoms with van der Waals surface area (Å²) in [6.07, 6.45) is 0. The molecular formula is C18H15NO3. The number of hydrogen-bond donors (Lipinski definition) is 1. The molecule has 4 nitrogen and oxygen atoms in total. The van der Waals surface area contributed by atoms with Gasteiger partial charge in [0, 0.05) is 16.8 Å². The van der Waals surface area contributed by atoms with E-state index in [4.69, 9.17) is 0 Å². The first-order chi connectivity index (χ1) is 10.6.